The first-order valence-electron chi connectivity index (χ1n) is 7.24. The molecule has 0 spiro atoms. The van der Waals surface area contributed by atoms with E-state index in [1.165, 1.54) is 6.33 Å². The minimum Gasteiger partial charge on any atom is -0.507 e. The zero-order valence-corrected chi connectivity index (χ0v) is 12.9. The van der Waals surface area contributed by atoms with Gasteiger partial charge in [-0.2, -0.15) is 0 Å². The van der Waals surface area contributed by atoms with E-state index in [0.717, 1.165) is 5.52 Å². The van der Waals surface area contributed by atoms with E-state index >= 15 is 0 Å². The molecule has 0 saturated carbocycles. The molecule has 7 heteroatoms. The molecule has 1 aromatic carbocycles. The van der Waals surface area contributed by atoms with Crippen molar-refractivity contribution < 1.29 is 5.11 Å². The Labute approximate surface area is 133 Å². The molecule has 0 bridgehead atoms. The minimum absolute atomic E-state index is 0.141. The zero-order chi connectivity index (χ0) is 16.6. The molecular weight excluding hydrogens is 292 g/mol. The van der Waals surface area contributed by atoms with Crippen LogP contribution >= 0.6 is 0 Å². The molecule has 6 N–H and O–H groups in total. The lowest BCUT2D eigenvalue weighted by molar-refractivity contribution is 0.482. The maximum Gasteiger partial charge on any atom is 0.141 e. The Kier molecular flexibility index (Phi) is 3.61. The first kappa shape index (κ1) is 14.8. The predicted octanol–water partition coefficient (Wildman–Crippen LogP) is 2.48. The van der Waals surface area contributed by atoms with Crippen LogP contribution in [0.4, 0.5) is 11.6 Å². The molecule has 0 aliphatic carbocycles. The third kappa shape index (κ3) is 2.68. The number of H-pyrrole nitrogens is 1. The highest BCUT2D eigenvalue weighted by molar-refractivity contribution is 6.17. The molecule has 23 heavy (non-hydrogen) atoms. The number of hydrogen-bond acceptors (Lipinski definition) is 6. The van der Waals surface area contributed by atoms with E-state index in [0.29, 0.717) is 22.5 Å². The molecule has 0 unspecified atom stereocenters. The van der Waals surface area contributed by atoms with Crippen LogP contribution in [0.1, 0.15) is 25.1 Å². The van der Waals surface area contributed by atoms with E-state index in [-0.39, 0.29) is 23.3 Å². The van der Waals surface area contributed by atoms with Crippen LogP contribution in [0, 0.1) is 5.41 Å². The number of aromatic hydroxyl groups is 1. The Hall–Kier alpha value is -3.09. The standard InChI is InChI=1S/C16H18N6O/c1-8(2)21-16-13(15(18)19-7-20-16)14(17)11-6-9-10(22-11)4-3-5-12(9)23/h3-8,17,22-23H,1-2H3,(H3,18,19,20,21). The van der Waals surface area contributed by atoms with Crippen molar-refractivity contribution >= 4 is 28.3 Å². The number of nitrogen functional groups attached to an aromatic ring is 1. The summed E-state index contributed by atoms with van der Waals surface area (Å²) < 4.78 is 0. The number of phenols is 1. The lowest BCUT2D eigenvalue weighted by Crippen LogP contribution is -2.18. The Bertz CT molecular complexity index is 883. The van der Waals surface area contributed by atoms with E-state index in [9.17, 15) is 5.11 Å². The second-order valence-electron chi connectivity index (χ2n) is 5.58. The topological polar surface area (TPSA) is 124 Å². The molecule has 2 heterocycles. The van der Waals surface area contributed by atoms with E-state index in [2.05, 4.69) is 20.3 Å². The molecule has 0 aliphatic heterocycles. The largest absolute Gasteiger partial charge is 0.507 e. The van der Waals surface area contributed by atoms with Crippen molar-refractivity contribution in [1.29, 1.82) is 5.41 Å². The van der Waals surface area contributed by atoms with Gasteiger partial charge in [-0.1, -0.05) is 6.07 Å². The summed E-state index contributed by atoms with van der Waals surface area (Å²) in [5, 5.41) is 22.2. The molecule has 0 saturated heterocycles. The van der Waals surface area contributed by atoms with Gasteiger partial charge in [0.2, 0.25) is 0 Å². The highest BCUT2D eigenvalue weighted by Gasteiger charge is 2.18. The average molecular weight is 310 g/mol. The number of fused-ring (bicyclic) bond motifs is 1. The third-order valence-electron chi connectivity index (χ3n) is 3.46. The number of phenolic OH excluding ortho intramolecular Hbond substituents is 1. The number of nitrogens with zero attached hydrogens (tertiary/aromatic N) is 2. The lowest BCUT2D eigenvalue weighted by atomic mass is 10.1. The summed E-state index contributed by atoms with van der Waals surface area (Å²) in [6, 6.07) is 7.05. The maximum atomic E-state index is 9.91. The van der Waals surface area contributed by atoms with E-state index in [1.807, 2.05) is 19.9 Å². The monoisotopic (exact) mass is 310 g/mol. The Morgan fingerprint density at radius 3 is 2.83 bits per heavy atom. The number of anilines is 2. The normalized spacial score (nSPS) is 11.1. The van der Waals surface area contributed by atoms with Crippen LogP contribution in [-0.4, -0.2) is 31.8 Å². The predicted molar refractivity (Wildman–Crippen MR) is 91.1 cm³/mol. The van der Waals surface area contributed by atoms with Gasteiger partial charge in [0.25, 0.3) is 0 Å². The van der Waals surface area contributed by atoms with Gasteiger partial charge in [0, 0.05) is 16.9 Å². The molecule has 7 nitrogen and oxygen atoms in total. The van der Waals surface area contributed by atoms with E-state index < -0.39 is 0 Å². The van der Waals surface area contributed by atoms with Crippen molar-refractivity contribution in [1.82, 2.24) is 15.0 Å². The number of rotatable bonds is 4. The fourth-order valence-electron chi connectivity index (χ4n) is 2.44. The van der Waals surface area contributed by atoms with Gasteiger partial charge in [0.1, 0.15) is 23.7 Å². The summed E-state index contributed by atoms with van der Waals surface area (Å²) in [6.07, 6.45) is 1.37. The van der Waals surface area contributed by atoms with Crippen LogP contribution in [-0.2, 0) is 0 Å². The first-order chi connectivity index (χ1) is 11.0. The molecule has 0 amide bonds. The Morgan fingerprint density at radius 1 is 1.35 bits per heavy atom. The second kappa shape index (κ2) is 5.60. The highest BCUT2D eigenvalue weighted by atomic mass is 16.3. The summed E-state index contributed by atoms with van der Waals surface area (Å²) in [6.45, 7) is 3.96. The average Bonchev–Trinajstić information content (AvgIpc) is 2.92. The van der Waals surface area contributed by atoms with E-state index in [1.54, 1.807) is 18.2 Å². The third-order valence-corrected chi connectivity index (χ3v) is 3.46. The Balaban J connectivity index is 2.10. The molecular formula is C16H18N6O. The van der Waals surface area contributed by atoms with Gasteiger partial charge in [0.15, 0.2) is 0 Å². The van der Waals surface area contributed by atoms with Gasteiger partial charge >= 0.3 is 0 Å². The van der Waals surface area contributed by atoms with Crippen LogP contribution in [0.2, 0.25) is 0 Å². The Morgan fingerprint density at radius 2 is 2.13 bits per heavy atom. The summed E-state index contributed by atoms with van der Waals surface area (Å²) in [5.74, 6) is 0.909. The molecule has 3 aromatic rings. The highest BCUT2D eigenvalue weighted by Crippen LogP contribution is 2.28. The molecule has 0 aliphatic rings. The van der Waals surface area contributed by atoms with Crippen molar-refractivity contribution in [3.05, 3.63) is 41.9 Å². The van der Waals surface area contributed by atoms with Crippen molar-refractivity contribution in [3.63, 3.8) is 0 Å². The van der Waals surface area contributed by atoms with Gasteiger partial charge < -0.3 is 21.1 Å². The minimum atomic E-state index is 0.141. The van der Waals surface area contributed by atoms with Gasteiger partial charge in [0.05, 0.1) is 17.0 Å². The fraction of sp³-hybridized carbons (Fsp3) is 0.188. The first-order valence-corrected chi connectivity index (χ1v) is 7.24. The summed E-state index contributed by atoms with van der Waals surface area (Å²) in [5.41, 5.74) is 7.86. The van der Waals surface area contributed by atoms with Crippen LogP contribution in [0.5, 0.6) is 5.75 Å². The summed E-state index contributed by atoms with van der Waals surface area (Å²) in [7, 11) is 0. The zero-order valence-electron chi connectivity index (χ0n) is 12.9. The molecule has 2 aromatic heterocycles. The SMILES string of the molecule is CC(C)Nc1ncnc(N)c1C(=N)c1cc2c(O)cccc2[nH]1. The summed E-state index contributed by atoms with van der Waals surface area (Å²) >= 11 is 0. The quantitative estimate of drug-likeness (QED) is 0.474. The lowest BCUT2D eigenvalue weighted by Gasteiger charge is -2.14. The molecule has 0 atom stereocenters. The number of nitrogens with two attached hydrogens (primary N) is 1. The van der Waals surface area contributed by atoms with Gasteiger partial charge in [-0.3, -0.25) is 5.41 Å². The maximum absolute atomic E-state index is 9.91. The van der Waals surface area contributed by atoms with Crippen molar-refractivity contribution in [2.75, 3.05) is 11.1 Å². The second-order valence-corrected chi connectivity index (χ2v) is 5.58. The van der Waals surface area contributed by atoms with Crippen LogP contribution in [0.25, 0.3) is 10.9 Å². The molecule has 0 fully saturated rings. The van der Waals surface area contributed by atoms with Gasteiger partial charge in [-0.05, 0) is 32.0 Å². The summed E-state index contributed by atoms with van der Waals surface area (Å²) in [4.78, 5) is 11.3. The number of benzene rings is 1. The van der Waals surface area contributed by atoms with Gasteiger partial charge in [-0.25, -0.2) is 9.97 Å². The van der Waals surface area contributed by atoms with Crippen LogP contribution in [0.3, 0.4) is 0 Å². The molecule has 3 rings (SSSR count). The van der Waals surface area contributed by atoms with Crippen LogP contribution < -0.4 is 11.1 Å². The number of hydrogen-bond donors (Lipinski definition) is 5. The van der Waals surface area contributed by atoms with Crippen molar-refractivity contribution in [2.45, 2.75) is 19.9 Å². The number of nitrogens with one attached hydrogen (secondary N) is 3. The molecule has 0 radical (unpaired) electrons. The molecule has 118 valence electrons. The van der Waals surface area contributed by atoms with Crippen molar-refractivity contribution in [2.24, 2.45) is 0 Å². The van der Waals surface area contributed by atoms with Crippen molar-refractivity contribution in [3.8, 4) is 5.75 Å². The van der Waals surface area contributed by atoms with Gasteiger partial charge in [-0.15, -0.1) is 0 Å². The van der Waals surface area contributed by atoms with Crippen LogP contribution in [0.15, 0.2) is 30.6 Å². The number of aromatic amines is 1. The smallest absolute Gasteiger partial charge is 0.141 e. The van der Waals surface area contributed by atoms with E-state index in [4.69, 9.17) is 11.1 Å². The fourth-order valence-corrected chi connectivity index (χ4v) is 2.44. The number of aromatic nitrogens is 3.